The van der Waals surface area contributed by atoms with Gasteiger partial charge in [-0.25, -0.2) is 4.90 Å². The molecular formula is C25H20ClN5O5. The van der Waals surface area contributed by atoms with E-state index < -0.39 is 29.8 Å². The Morgan fingerprint density at radius 1 is 1.00 bits per heavy atom. The van der Waals surface area contributed by atoms with Gasteiger partial charge in [-0.2, -0.15) is 5.11 Å². The van der Waals surface area contributed by atoms with E-state index in [9.17, 15) is 14.4 Å². The van der Waals surface area contributed by atoms with Gasteiger partial charge in [-0.15, -0.1) is 0 Å². The number of hydrogen-bond donors (Lipinski definition) is 1. The number of methoxy groups -OCH3 is 1. The van der Waals surface area contributed by atoms with Crippen molar-refractivity contribution in [2.75, 3.05) is 23.9 Å². The maximum Gasteiger partial charge on any atom is 0.263 e. The number of imide groups is 1. The lowest BCUT2D eigenvalue weighted by molar-refractivity contribution is -0.123. The van der Waals surface area contributed by atoms with E-state index in [2.05, 4.69) is 15.7 Å². The van der Waals surface area contributed by atoms with E-state index in [1.807, 2.05) is 30.3 Å². The van der Waals surface area contributed by atoms with Crippen LogP contribution in [0.4, 0.5) is 11.4 Å². The smallest absolute Gasteiger partial charge is 0.263 e. The van der Waals surface area contributed by atoms with Crippen molar-refractivity contribution in [2.24, 2.45) is 10.3 Å². The number of ether oxygens (including phenoxy) is 2. The van der Waals surface area contributed by atoms with Crippen LogP contribution in [0, 0.1) is 0 Å². The topological polar surface area (TPSA) is 113 Å². The van der Waals surface area contributed by atoms with Gasteiger partial charge < -0.3 is 14.8 Å². The Morgan fingerprint density at radius 2 is 1.72 bits per heavy atom. The van der Waals surface area contributed by atoms with Crippen molar-refractivity contribution >= 4 is 40.7 Å². The zero-order valence-electron chi connectivity index (χ0n) is 19.0. The summed E-state index contributed by atoms with van der Waals surface area (Å²) in [4.78, 5) is 39.7. The Bertz CT molecular complexity index is 1350. The van der Waals surface area contributed by atoms with E-state index in [0.29, 0.717) is 28.6 Å². The van der Waals surface area contributed by atoms with Crippen molar-refractivity contribution in [1.29, 1.82) is 0 Å². The van der Waals surface area contributed by atoms with Gasteiger partial charge in [0.05, 0.1) is 17.8 Å². The summed E-state index contributed by atoms with van der Waals surface area (Å²) in [7, 11) is 1.47. The number of hydrogen-bond acceptors (Lipinski definition) is 8. The average Bonchev–Trinajstić information content (AvgIpc) is 3.39. The van der Waals surface area contributed by atoms with Crippen LogP contribution < -0.4 is 19.7 Å². The summed E-state index contributed by atoms with van der Waals surface area (Å²) in [6.07, 6.45) is 0. The number of nitrogens with zero attached hydrogens (tertiary/aromatic N) is 4. The predicted octanol–water partition coefficient (Wildman–Crippen LogP) is 4.07. The molecule has 3 aromatic rings. The van der Waals surface area contributed by atoms with E-state index in [1.54, 1.807) is 36.4 Å². The highest BCUT2D eigenvalue weighted by Crippen LogP contribution is 2.35. The number of carbonyl (C=O) groups is 3. The van der Waals surface area contributed by atoms with Crippen molar-refractivity contribution in [3.8, 4) is 17.2 Å². The first kappa shape index (κ1) is 23.3. The van der Waals surface area contributed by atoms with E-state index in [-0.39, 0.29) is 11.6 Å². The van der Waals surface area contributed by atoms with Gasteiger partial charge in [-0.3, -0.25) is 19.4 Å². The minimum Gasteiger partial charge on any atom is -0.495 e. The molecule has 11 heteroatoms. The minimum atomic E-state index is -1.03. The molecule has 182 valence electrons. The summed E-state index contributed by atoms with van der Waals surface area (Å²) in [6, 6.07) is 18.7. The van der Waals surface area contributed by atoms with Crippen LogP contribution in [0.15, 0.2) is 83.1 Å². The summed E-state index contributed by atoms with van der Waals surface area (Å²) in [5, 5.41) is 12.1. The highest BCUT2D eigenvalue weighted by atomic mass is 35.5. The lowest BCUT2D eigenvalue weighted by Crippen LogP contribution is -2.43. The second kappa shape index (κ2) is 9.67. The van der Waals surface area contributed by atoms with Crippen LogP contribution in [0.3, 0.4) is 0 Å². The fourth-order valence-corrected chi connectivity index (χ4v) is 4.23. The van der Waals surface area contributed by atoms with E-state index in [1.165, 1.54) is 18.2 Å². The number of fused-ring (bicyclic) bond motifs is 1. The lowest BCUT2D eigenvalue weighted by atomic mass is 10.1. The molecule has 1 saturated heterocycles. The summed E-state index contributed by atoms with van der Waals surface area (Å²) in [6.45, 7) is -0.261. The van der Waals surface area contributed by atoms with Crippen LogP contribution in [0.5, 0.6) is 17.2 Å². The molecule has 0 bridgehead atoms. The third-order valence-corrected chi connectivity index (χ3v) is 5.97. The standard InChI is InChI=1S/C25H20ClN5O5/c1-35-20-12-9-16(13-19(20)26)31-24(33)22-23(25(31)34)30(29-28-22)14-21(32)27-15-7-10-18(11-8-15)36-17-5-3-2-4-6-17/h2-13,22-23H,14H2,1H3,(H,27,32). The van der Waals surface area contributed by atoms with Crippen LogP contribution in [-0.4, -0.2) is 48.5 Å². The molecule has 5 rings (SSSR count). The molecule has 2 atom stereocenters. The fourth-order valence-electron chi connectivity index (χ4n) is 3.98. The molecule has 0 saturated carbocycles. The zero-order chi connectivity index (χ0) is 25.2. The second-order valence-corrected chi connectivity index (χ2v) is 8.42. The molecule has 36 heavy (non-hydrogen) atoms. The van der Waals surface area contributed by atoms with Gasteiger partial charge in [0, 0.05) is 5.69 Å². The van der Waals surface area contributed by atoms with Gasteiger partial charge in [0.2, 0.25) is 5.91 Å². The number of benzene rings is 3. The molecule has 10 nitrogen and oxygen atoms in total. The Labute approximate surface area is 211 Å². The number of nitrogens with one attached hydrogen (secondary N) is 1. The number of carbonyl (C=O) groups excluding carboxylic acids is 3. The van der Waals surface area contributed by atoms with Crippen LogP contribution >= 0.6 is 11.6 Å². The lowest BCUT2D eigenvalue weighted by Gasteiger charge is -2.20. The molecule has 0 spiro atoms. The maximum absolute atomic E-state index is 13.1. The second-order valence-electron chi connectivity index (χ2n) is 8.01. The molecule has 1 fully saturated rings. The van der Waals surface area contributed by atoms with Gasteiger partial charge in [-0.1, -0.05) is 35.0 Å². The summed E-state index contributed by atoms with van der Waals surface area (Å²) in [5.74, 6) is 0.238. The van der Waals surface area contributed by atoms with Gasteiger partial charge in [0.25, 0.3) is 11.8 Å². The number of halogens is 1. The van der Waals surface area contributed by atoms with Crippen LogP contribution in [0.2, 0.25) is 5.02 Å². The third kappa shape index (κ3) is 4.46. The zero-order valence-corrected chi connectivity index (χ0v) is 19.8. The fraction of sp³-hybridized carbons (Fsp3) is 0.160. The first-order chi connectivity index (χ1) is 17.4. The minimum absolute atomic E-state index is 0.255. The van der Waals surface area contributed by atoms with Crippen LogP contribution in [0.25, 0.3) is 0 Å². The molecule has 2 aliphatic rings. The highest BCUT2D eigenvalue weighted by Gasteiger charge is 2.55. The van der Waals surface area contributed by atoms with Crippen molar-refractivity contribution in [2.45, 2.75) is 12.1 Å². The molecular weight excluding hydrogens is 486 g/mol. The SMILES string of the molecule is COc1ccc(N2C(=O)C3N=NN(CC(=O)Nc4ccc(Oc5ccccc5)cc4)C3C2=O)cc1Cl. The van der Waals surface area contributed by atoms with Crippen molar-refractivity contribution in [3.05, 3.63) is 77.8 Å². The maximum atomic E-state index is 13.1. The number of anilines is 2. The third-order valence-electron chi connectivity index (χ3n) is 5.67. The van der Waals surface area contributed by atoms with E-state index >= 15 is 0 Å². The van der Waals surface area contributed by atoms with Crippen molar-refractivity contribution in [3.63, 3.8) is 0 Å². The molecule has 3 amide bonds. The molecule has 3 aromatic carbocycles. The molecule has 0 aliphatic carbocycles. The Kier molecular flexibility index (Phi) is 6.26. The van der Waals surface area contributed by atoms with Crippen molar-refractivity contribution < 1.29 is 23.9 Å². The quantitative estimate of drug-likeness (QED) is 0.484. The predicted molar refractivity (Wildman–Crippen MR) is 131 cm³/mol. The van der Waals surface area contributed by atoms with E-state index in [0.717, 1.165) is 4.90 Å². The van der Waals surface area contributed by atoms with Gasteiger partial charge >= 0.3 is 0 Å². The van der Waals surface area contributed by atoms with Gasteiger partial charge in [0.15, 0.2) is 12.1 Å². The highest BCUT2D eigenvalue weighted by molar-refractivity contribution is 6.33. The van der Waals surface area contributed by atoms with Crippen LogP contribution in [-0.2, 0) is 14.4 Å². The molecule has 2 unspecified atom stereocenters. The molecule has 0 radical (unpaired) electrons. The van der Waals surface area contributed by atoms with Crippen LogP contribution in [0.1, 0.15) is 0 Å². The van der Waals surface area contributed by atoms with E-state index in [4.69, 9.17) is 21.1 Å². The molecule has 1 N–H and O–H groups in total. The summed E-state index contributed by atoms with van der Waals surface area (Å²) >= 11 is 6.16. The Morgan fingerprint density at radius 3 is 2.42 bits per heavy atom. The normalized spacial score (nSPS) is 18.4. The van der Waals surface area contributed by atoms with Gasteiger partial charge in [-0.05, 0) is 54.6 Å². The monoisotopic (exact) mass is 505 g/mol. The first-order valence-electron chi connectivity index (χ1n) is 11.0. The molecule has 2 aliphatic heterocycles. The molecule has 0 aromatic heterocycles. The first-order valence-corrected chi connectivity index (χ1v) is 11.3. The summed E-state index contributed by atoms with van der Waals surface area (Å²) in [5.41, 5.74) is 0.832. The van der Waals surface area contributed by atoms with Crippen molar-refractivity contribution in [1.82, 2.24) is 5.01 Å². The Balaban J connectivity index is 1.23. The number of amides is 3. The van der Waals surface area contributed by atoms with Gasteiger partial charge in [0.1, 0.15) is 23.8 Å². The Hall–Kier alpha value is -4.44. The summed E-state index contributed by atoms with van der Waals surface area (Å²) < 4.78 is 10.9. The number of rotatable bonds is 7. The average molecular weight is 506 g/mol. The number of para-hydroxylation sites is 1. The largest absolute Gasteiger partial charge is 0.495 e. The molecule has 2 heterocycles.